The van der Waals surface area contributed by atoms with Crippen LogP contribution in [-0.4, -0.2) is 26.6 Å². The molecule has 0 radical (unpaired) electrons. The standard InChI is InChI=1S/C18H15FO4/c1-21-14-8-15(22-2)17-16(9-14)23-10-12(18(17)20)7-11-3-5-13(19)6-4-11/h3-9H,10H2,1-2H3/b12-7+. The second-order valence-electron chi connectivity index (χ2n) is 5.04. The average molecular weight is 314 g/mol. The lowest BCUT2D eigenvalue weighted by Gasteiger charge is -2.21. The number of ketones is 1. The van der Waals surface area contributed by atoms with Crippen molar-refractivity contribution >= 4 is 11.9 Å². The van der Waals surface area contributed by atoms with Crippen molar-refractivity contribution in [3.8, 4) is 17.2 Å². The summed E-state index contributed by atoms with van der Waals surface area (Å²) in [6.07, 6.45) is 1.69. The molecule has 0 saturated heterocycles. The summed E-state index contributed by atoms with van der Waals surface area (Å²) in [6.45, 7) is 0.138. The molecule has 0 saturated carbocycles. The summed E-state index contributed by atoms with van der Waals surface area (Å²) in [5.74, 6) is 0.892. The molecule has 0 bridgehead atoms. The lowest BCUT2D eigenvalue weighted by atomic mass is 9.97. The van der Waals surface area contributed by atoms with Crippen LogP contribution in [0.25, 0.3) is 6.08 Å². The Morgan fingerprint density at radius 1 is 1.13 bits per heavy atom. The number of hydrogen-bond acceptors (Lipinski definition) is 4. The van der Waals surface area contributed by atoms with Gasteiger partial charge >= 0.3 is 0 Å². The summed E-state index contributed by atoms with van der Waals surface area (Å²) in [6, 6.07) is 9.21. The smallest absolute Gasteiger partial charge is 0.199 e. The minimum Gasteiger partial charge on any atom is -0.496 e. The number of methoxy groups -OCH3 is 2. The lowest BCUT2D eigenvalue weighted by molar-refractivity contribution is 0.0997. The van der Waals surface area contributed by atoms with E-state index in [1.165, 1.54) is 26.4 Å². The molecule has 0 aromatic heterocycles. The first kappa shape index (κ1) is 15.1. The number of carbonyl (C=O) groups excluding carboxylic acids is 1. The van der Waals surface area contributed by atoms with Crippen LogP contribution < -0.4 is 14.2 Å². The predicted molar refractivity (Wildman–Crippen MR) is 83.7 cm³/mol. The SMILES string of the molecule is COc1cc(OC)c2c(c1)OC/C(=C\c1ccc(F)cc1)C2=O. The summed E-state index contributed by atoms with van der Waals surface area (Å²) in [5, 5.41) is 0. The molecule has 1 aliphatic heterocycles. The van der Waals surface area contributed by atoms with Gasteiger partial charge in [-0.3, -0.25) is 4.79 Å². The summed E-state index contributed by atoms with van der Waals surface area (Å²) < 4.78 is 29.1. The van der Waals surface area contributed by atoms with Crippen molar-refractivity contribution < 1.29 is 23.4 Å². The summed E-state index contributed by atoms with van der Waals surface area (Å²) >= 11 is 0. The highest BCUT2D eigenvalue weighted by Gasteiger charge is 2.28. The van der Waals surface area contributed by atoms with Crippen molar-refractivity contribution in [2.75, 3.05) is 20.8 Å². The third-order valence-electron chi connectivity index (χ3n) is 3.61. The number of hydrogen-bond donors (Lipinski definition) is 0. The van der Waals surface area contributed by atoms with Gasteiger partial charge in [-0.25, -0.2) is 4.39 Å². The normalized spacial score (nSPS) is 15.1. The van der Waals surface area contributed by atoms with Gasteiger partial charge in [-0.2, -0.15) is 0 Å². The minimum absolute atomic E-state index is 0.138. The molecule has 0 spiro atoms. The number of benzene rings is 2. The van der Waals surface area contributed by atoms with Crippen LogP contribution in [0.5, 0.6) is 17.2 Å². The summed E-state index contributed by atoms with van der Waals surface area (Å²) in [4.78, 5) is 12.7. The van der Waals surface area contributed by atoms with Crippen LogP contribution in [0.4, 0.5) is 4.39 Å². The molecule has 2 aromatic rings. The highest BCUT2D eigenvalue weighted by atomic mass is 19.1. The molecule has 0 unspecified atom stereocenters. The highest BCUT2D eigenvalue weighted by molar-refractivity contribution is 6.15. The van der Waals surface area contributed by atoms with E-state index in [0.29, 0.717) is 28.4 Å². The van der Waals surface area contributed by atoms with E-state index in [4.69, 9.17) is 14.2 Å². The van der Waals surface area contributed by atoms with Crippen molar-refractivity contribution in [2.45, 2.75) is 0 Å². The molecule has 0 fully saturated rings. The molecule has 4 nitrogen and oxygen atoms in total. The zero-order valence-electron chi connectivity index (χ0n) is 12.8. The third-order valence-corrected chi connectivity index (χ3v) is 3.61. The van der Waals surface area contributed by atoms with Crippen LogP contribution >= 0.6 is 0 Å². The fourth-order valence-electron chi connectivity index (χ4n) is 2.43. The number of halogens is 1. The topological polar surface area (TPSA) is 44.8 Å². The van der Waals surface area contributed by atoms with Crippen molar-refractivity contribution in [3.63, 3.8) is 0 Å². The second-order valence-corrected chi connectivity index (χ2v) is 5.04. The molecular formula is C18H15FO4. The van der Waals surface area contributed by atoms with Crippen molar-refractivity contribution in [1.29, 1.82) is 0 Å². The Morgan fingerprint density at radius 3 is 2.52 bits per heavy atom. The molecule has 1 heterocycles. The van der Waals surface area contributed by atoms with Gasteiger partial charge < -0.3 is 14.2 Å². The van der Waals surface area contributed by atoms with Crippen LogP contribution in [0.3, 0.4) is 0 Å². The van der Waals surface area contributed by atoms with Crippen LogP contribution in [0.2, 0.25) is 0 Å². The van der Waals surface area contributed by atoms with E-state index in [-0.39, 0.29) is 18.2 Å². The molecule has 0 aliphatic carbocycles. The van der Waals surface area contributed by atoms with Crippen LogP contribution in [-0.2, 0) is 0 Å². The molecule has 5 heteroatoms. The quantitative estimate of drug-likeness (QED) is 0.813. The third kappa shape index (κ3) is 2.90. The highest BCUT2D eigenvalue weighted by Crippen LogP contribution is 2.38. The average Bonchev–Trinajstić information content (AvgIpc) is 2.58. The van der Waals surface area contributed by atoms with E-state index in [2.05, 4.69) is 0 Å². The van der Waals surface area contributed by atoms with Gasteiger partial charge in [-0.05, 0) is 23.8 Å². The van der Waals surface area contributed by atoms with Gasteiger partial charge in [0.05, 0.1) is 14.2 Å². The first-order valence-corrected chi connectivity index (χ1v) is 7.02. The number of rotatable bonds is 3. The minimum atomic E-state index is -0.322. The van der Waals surface area contributed by atoms with Gasteiger partial charge in [0.15, 0.2) is 5.78 Å². The van der Waals surface area contributed by atoms with Gasteiger partial charge in [0.1, 0.15) is 35.2 Å². The van der Waals surface area contributed by atoms with E-state index in [0.717, 1.165) is 5.56 Å². The summed E-state index contributed by atoms with van der Waals surface area (Å²) in [7, 11) is 3.02. The Bertz CT molecular complexity index is 761. The van der Waals surface area contributed by atoms with E-state index < -0.39 is 0 Å². The fourth-order valence-corrected chi connectivity index (χ4v) is 2.43. The molecule has 0 atom stereocenters. The molecule has 23 heavy (non-hydrogen) atoms. The van der Waals surface area contributed by atoms with Crippen LogP contribution in [0, 0.1) is 5.82 Å². The number of fused-ring (bicyclic) bond motifs is 1. The first-order chi connectivity index (χ1) is 11.1. The van der Waals surface area contributed by atoms with E-state index in [1.54, 1.807) is 30.3 Å². The van der Waals surface area contributed by atoms with Gasteiger partial charge in [0, 0.05) is 17.7 Å². The van der Waals surface area contributed by atoms with Crippen molar-refractivity contribution in [1.82, 2.24) is 0 Å². The predicted octanol–water partition coefficient (Wildman–Crippen LogP) is 3.50. The molecule has 118 valence electrons. The van der Waals surface area contributed by atoms with Gasteiger partial charge in [0.25, 0.3) is 0 Å². The number of Topliss-reactive ketones (excluding diaryl/α,β-unsaturated/α-hetero) is 1. The Labute approximate surface area is 133 Å². The van der Waals surface area contributed by atoms with Gasteiger partial charge in [-0.1, -0.05) is 12.1 Å². The van der Waals surface area contributed by atoms with Gasteiger partial charge in [-0.15, -0.1) is 0 Å². The largest absolute Gasteiger partial charge is 0.496 e. The molecule has 0 amide bonds. The van der Waals surface area contributed by atoms with E-state index >= 15 is 0 Å². The lowest BCUT2D eigenvalue weighted by Crippen LogP contribution is -2.20. The maximum absolute atomic E-state index is 13.0. The molecule has 1 aliphatic rings. The van der Waals surface area contributed by atoms with Gasteiger partial charge in [0.2, 0.25) is 0 Å². The Balaban J connectivity index is 2.01. The second kappa shape index (κ2) is 6.12. The number of carbonyl (C=O) groups is 1. The molecule has 2 aromatic carbocycles. The Morgan fingerprint density at radius 2 is 1.87 bits per heavy atom. The zero-order valence-corrected chi connectivity index (χ0v) is 12.8. The van der Waals surface area contributed by atoms with E-state index in [9.17, 15) is 9.18 Å². The monoisotopic (exact) mass is 314 g/mol. The molecule has 3 rings (SSSR count). The fraction of sp³-hybridized carbons (Fsp3) is 0.167. The van der Waals surface area contributed by atoms with Crippen molar-refractivity contribution in [2.24, 2.45) is 0 Å². The van der Waals surface area contributed by atoms with Crippen LogP contribution in [0.1, 0.15) is 15.9 Å². The maximum atomic E-state index is 13.0. The van der Waals surface area contributed by atoms with Crippen molar-refractivity contribution in [3.05, 3.63) is 58.9 Å². The maximum Gasteiger partial charge on any atom is 0.199 e. The Kier molecular flexibility index (Phi) is 4.02. The zero-order chi connectivity index (χ0) is 16.4. The van der Waals surface area contributed by atoms with Crippen LogP contribution in [0.15, 0.2) is 42.0 Å². The summed E-state index contributed by atoms with van der Waals surface area (Å²) in [5.41, 5.74) is 1.58. The Hall–Kier alpha value is -2.82. The van der Waals surface area contributed by atoms with E-state index in [1.807, 2.05) is 0 Å². The molecular weight excluding hydrogens is 299 g/mol. The molecule has 0 N–H and O–H groups in total. The first-order valence-electron chi connectivity index (χ1n) is 7.02. The number of ether oxygens (including phenoxy) is 3.